The number of amides is 2. The average molecular weight is 390 g/mol. The molecule has 0 aliphatic heterocycles. The molecule has 0 saturated heterocycles. The number of carbonyl (C=O) groups is 3. The van der Waals surface area contributed by atoms with Crippen LogP contribution in [-0.2, 0) is 9.53 Å². The van der Waals surface area contributed by atoms with E-state index in [0.29, 0.717) is 11.3 Å². The van der Waals surface area contributed by atoms with Crippen LogP contribution in [0.25, 0.3) is 6.08 Å². The van der Waals surface area contributed by atoms with Crippen LogP contribution in [0.2, 0.25) is 0 Å². The highest BCUT2D eigenvalue weighted by atomic mass is 16.5. The molecule has 3 aromatic rings. The fourth-order valence-electron chi connectivity index (χ4n) is 2.47. The van der Waals surface area contributed by atoms with Crippen LogP contribution in [0.4, 0.5) is 5.69 Å². The molecule has 0 aliphatic rings. The molecule has 0 radical (unpaired) electrons. The lowest BCUT2D eigenvalue weighted by Crippen LogP contribution is -2.30. The fourth-order valence-corrected chi connectivity index (χ4v) is 2.47. The molecule has 146 valence electrons. The minimum absolute atomic E-state index is 0.0367. The number of carbonyl (C=O) groups excluding carboxylic acids is 3. The number of anilines is 1. The molecular weight excluding hydrogens is 372 g/mol. The van der Waals surface area contributed by atoms with Gasteiger partial charge in [0.2, 0.25) is 0 Å². The summed E-state index contributed by atoms with van der Waals surface area (Å²) in [4.78, 5) is 36.6. The SMILES string of the molecule is COC(=O)c1ccc(NC(=O)/C(=C\c2ccccc2)NC(=O)c2ccco2)cc1. The van der Waals surface area contributed by atoms with E-state index in [-0.39, 0.29) is 11.5 Å². The quantitative estimate of drug-likeness (QED) is 0.496. The van der Waals surface area contributed by atoms with Crippen molar-refractivity contribution in [1.82, 2.24) is 5.32 Å². The van der Waals surface area contributed by atoms with E-state index < -0.39 is 17.8 Å². The standard InChI is InChI=1S/C22H18N2O5/c1-28-22(27)16-9-11-17(12-10-16)23-20(25)18(14-15-6-3-2-4-7-15)24-21(26)19-8-5-13-29-19/h2-14H,1H3,(H,23,25)(H,24,26)/b18-14+. The zero-order chi connectivity index (χ0) is 20.6. The second kappa shape index (κ2) is 9.18. The van der Waals surface area contributed by atoms with Crippen LogP contribution in [0.3, 0.4) is 0 Å². The number of hydrogen-bond donors (Lipinski definition) is 2. The number of esters is 1. The number of ether oxygens (including phenoxy) is 1. The minimum atomic E-state index is -0.548. The van der Waals surface area contributed by atoms with Crippen molar-refractivity contribution in [3.63, 3.8) is 0 Å². The van der Waals surface area contributed by atoms with E-state index in [9.17, 15) is 14.4 Å². The van der Waals surface area contributed by atoms with Crippen molar-refractivity contribution in [3.05, 3.63) is 95.6 Å². The molecule has 0 bridgehead atoms. The van der Waals surface area contributed by atoms with Gasteiger partial charge in [-0.25, -0.2) is 4.79 Å². The van der Waals surface area contributed by atoms with E-state index >= 15 is 0 Å². The van der Waals surface area contributed by atoms with Crippen molar-refractivity contribution in [2.24, 2.45) is 0 Å². The molecule has 2 N–H and O–H groups in total. The number of benzene rings is 2. The molecule has 7 heteroatoms. The van der Waals surface area contributed by atoms with Crippen molar-refractivity contribution in [3.8, 4) is 0 Å². The Labute approximate surface area is 167 Å². The molecule has 29 heavy (non-hydrogen) atoms. The summed E-state index contributed by atoms with van der Waals surface area (Å²) in [5, 5.41) is 5.26. The van der Waals surface area contributed by atoms with E-state index in [1.807, 2.05) is 18.2 Å². The van der Waals surface area contributed by atoms with Gasteiger partial charge in [-0.05, 0) is 48.0 Å². The maximum atomic E-state index is 12.8. The fraction of sp³-hybridized carbons (Fsp3) is 0.0455. The first kappa shape index (κ1) is 19.6. The van der Waals surface area contributed by atoms with E-state index in [0.717, 1.165) is 5.56 Å². The van der Waals surface area contributed by atoms with E-state index in [4.69, 9.17) is 4.42 Å². The van der Waals surface area contributed by atoms with Gasteiger partial charge in [0.05, 0.1) is 18.9 Å². The summed E-state index contributed by atoms with van der Waals surface area (Å²) >= 11 is 0. The molecule has 0 unspecified atom stereocenters. The van der Waals surface area contributed by atoms with Crippen LogP contribution in [0.15, 0.2) is 83.1 Å². The Balaban J connectivity index is 1.81. The van der Waals surface area contributed by atoms with Crippen molar-refractivity contribution in [2.75, 3.05) is 12.4 Å². The molecule has 2 aromatic carbocycles. The van der Waals surface area contributed by atoms with Gasteiger partial charge in [0.1, 0.15) is 5.70 Å². The molecule has 1 heterocycles. The lowest BCUT2D eigenvalue weighted by molar-refractivity contribution is -0.113. The first-order valence-corrected chi connectivity index (χ1v) is 8.68. The second-order valence-electron chi connectivity index (χ2n) is 5.92. The third kappa shape index (κ3) is 5.20. The molecule has 0 aliphatic carbocycles. The van der Waals surface area contributed by atoms with Gasteiger partial charge in [-0.15, -0.1) is 0 Å². The highest BCUT2D eigenvalue weighted by Crippen LogP contribution is 2.13. The number of nitrogens with one attached hydrogen (secondary N) is 2. The Morgan fingerprint density at radius 1 is 0.931 bits per heavy atom. The lowest BCUT2D eigenvalue weighted by atomic mass is 10.1. The van der Waals surface area contributed by atoms with Gasteiger partial charge in [-0.3, -0.25) is 9.59 Å². The maximum Gasteiger partial charge on any atom is 0.337 e. The lowest BCUT2D eigenvalue weighted by Gasteiger charge is -2.11. The Morgan fingerprint density at radius 2 is 1.66 bits per heavy atom. The average Bonchev–Trinajstić information content (AvgIpc) is 3.29. The van der Waals surface area contributed by atoms with Crippen LogP contribution < -0.4 is 10.6 Å². The first-order valence-electron chi connectivity index (χ1n) is 8.68. The van der Waals surface area contributed by atoms with Crippen molar-refractivity contribution < 1.29 is 23.5 Å². The summed E-state index contributed by atoms with van der Waals surface area (Å²) in [6.07, 6.45) is 2.93. The molecule has 0 saturated carbocycles. The van der Waals surface area contributed by atoms with Crippen LogP contribution in [0.5, 0.6) is 0 Å². The number of rotatable bonds is 6. The highest BCUT2D eigenvalue weighted by molar-refractivity contribution is 6.10. The highest BCUT2D eigenvalue weighted by Gasteiger charge is 2.17. The second-order valence-corrected chi connectivity index (χ2v) is 5.92. The monoisotopic (exact) mass is 390 g/mol. The molecule has 3 rings (SSSR count). The summed E-state index contributed by atoms with van der Waals surface area (Å²) < 4.78 is 9.73. The summed E-state index contributed by atoms with van der Waals surface area (Å²) in [5.41, 5.74) is 1.58. The van der Waals surface area contributed by atoms with Gasteiger partial charge in [0.25, 0.3) is 11.8 Å². The Bertz CT molecular complexity index is 1020. The number of hydrogen-bond acceptors (Lipinski definition) is 5. The van der Waals surface area contributed by atoms with E-state index in [1.54, 1.807) is 36.4 Å². The molecule has 0 atom stereocenters. The molecule has 0 fully saturated rings. The molecule has 2 amide bonds. The zero-order valence-electron chi connectivity index (χ0n) is 15.5. The number of methoxy groups -OCH3 is 1. The third-order valence-electron chi connectivity index (χ3n) is 3.91. The van der Waals surface area contributed by atoms with Crippen LogP contribution in [0.1, 0.15) is 26.5 Å². The van der Waals surface area contributed by atoms with Gasteiger partial charge < -0.3 is 19.8 Å². The topological polar surface area (TPSA) is 97.6 Å². The van der Waals surface area contributed by atoms with Crippen molar-refractivity contribution >= 4 is 29.5 Å². The first-order chi connectivity index (χ1) is 14.1. The van der Waals surface area contributed by atoms with Gasteiger partial charge in [-0.2, -0.15) is 0 Å². The number of furan rings is 1. The van der Waals surface area contributed by atoms with Gasteiger partial charge >= 0.3 is 5.97 Å². The molecule has 7 nitrogen and oxygen atoms in total. The predicted octanol–water partition coefficient (Wildman–Crippen LogP) is 3.48. The maximum absolute atomic E-state index is 12.8. The van der Waals surface area contributed by atoms with Crippen molar-refractivity contribution in [2.45, 2.75) is 0 Å². The van der Waals surface area contributed by atoms with Crippen LogP contribution >= 0.6 is 0 Å². The summed E-state index contributed by atoms with van der Waals surface area (Å²) in [6.45, 7) is 0. The normalized spacial score (nSPS) is 10.9. The van der Waals surface area contributed by atoms with Crippen LogP contribution in [-0.4, -0.2) is 24.9 Å². The Hall–Kier alpha value is -4.13. The molecule has 0 spiro atoms. The van der Waals surface area contributed by atoms with E-state index in [1.165, 1.54) is 31.6 Å². The van der Waals surface area contributed by atoms with Gasteiger partial charge in [-0.1, -0.05) is 30.3 Å². The van der Waals surface area contributed by atoms with E-state index in [2.05, 4.69) is 15.4 Å². The molecule has 1 aromatic heterocycles. The predicted molar refractivity (Wildman–Crippen MR) is 107 cm³/mol. The summed E-state index contributed by atoms with van der Waals surface area (Å²) in [5.74, 6) is -1.47. The Morgan fingerprint density at radius 3 is 2.28 bits per heavy atom. The summed E-state index contributed by atoms with van der Waals surface area (Å²) in [6, 6.07) is 18.4. The smallest absolute Gasteiger partial charge is 0.337 e. The van der Waals surface area contributed by atoms with Gasteiger partial charge in [0, 0.05) is 5.69 Å². The van der Waals surface area contributed by atoms with Crippen molar-refractivity contribution in [1.29, 1.82) is 0 Å². The molecular formula is C22H18N2O5. The zero-order valence-corrected chi connectivity index (χ0v) is 15.5. The Kier molecular flexibility index (Phi) is 6.22. The largest absolute Gasteiger partial charge is 0.465 e. The third-order valence-corrected chi connectivity index (χ3v) is 3.91. The van der Waals surface area contributed by atoms with Gasteiger partial charge in [0.15, 0.2) is 5.76 Å². The minimum Gasteiger partial charge on any atom is -0.465 e. The van der Waals surface area contributed by atoms with Crippen LogP contribution in [0, 0.1) is 0 Å². The summed E-state index contributed by atoms with van der Waals surface area (Å²) in [7, 11) is 1.29.